The van der Waals surface area contributed by atoms with Crippen LogP contribution in [-0.2, 0) is 20.7 Å². The lowest BCUT2D eigenvalue weighted by atomic mass is 9.95. The number of carbonyl (C=O) groups is 1. The molecule has 7 heteroatoms. The number of amides is 1. The lowest BCUT2D eigenvalue weighted by Crippen LogP contribution is -2.42. The van der Waals surface area contributed by atoms with Gasteiger partial charge < -0.3 is 28.6 Å². The monoisotopic (exact) mass is 365 g/mol. The number of hydrogen-bond donors (Lipinski definition) is 0. The number of benzene rings is 1. The van der Waals surface area contributed by atoms with Gasteiger partial charge in [0.05, 0.1) is 41.0 Å². The molecule has 2 aliphatic heterocycles. The van der Waals surface area contributed by atoms with E-state index in [1.807, 2.05) is 17.0 Å². The average molecular weight is 365 g/mol. The van der Waals surface area contributed by atoms with Gasteiger partial charge in [0.25, 0.3) is 0 Å². The third kappa shape index (κ3) is 4.04. The fourth-order valence-corrected chi connectivity index (χ4v) is 3.59. The molecule has 0 unspecified atom stereocenters. The Balaban J connectivity index is 1.61. The summed E-state index contributed by atoms with van der Waals surface area (Å²) in [5.74, 6) is 2.13. The molecule has 0 bridgehead atoms. The van der Waals surface area contributed by atoms with Crippen molar-refractivity contribution in [3.05, 3.63) is 17.7 Å². The highest BCUT2D eigenvalue weighted by Crippen LogP contribution is 2.38. The number of ether oxygens (including phenoxy) is 5. The lowest BCUT2D eigenvalue weighted by molar-refractivity contribution is -0.136. The first-order valence-corrected chi connectivity index (χ1v) is 8.96. The standard InChI is InChI=1S/C19H27NO6/c1-22-15-10-13(11-16(23-2)18(15)24-3)12-17(21)20-6-4-14(5-7-20)19-25-8-9-26-19/h10-11,14,19H,4-9,12H2,1-3H3. The predicted octanol–water partition coefficient (Wildman–Crippen LogP) is 1.87. The van der Waals surface area contributed by atoms with Crippen molar-refractivity contribution in [3.63, 3.8) is 0 Å². The number of carbonyl (C=O) groups excluding carboxylic acids is 1. The Kier molecular flexibility index (Phi) is 6.21. The maximum absolute atomic E-state index is 12.7. The van der Waals surface area contributed by atoms with E-state index in [1.54, 1.807) is 21.3 Å². The second-order valence-electron chi connectivity index (χ2n) is 6.54. The fraction of sp³-hybridized carbons (Fsp3) is 0.632. The summed E-state index contributed by atoms with van der Waals surface area (Å²) in [7, 11) is 4.70. The number of hydrogen-bond acceptors (Lipinski definition) is 6. The molecule has 0 N–H and O–H groups in total. The van der Waals surface area contributed by atoms with Gasteiger partial charge in [-0.05, 0) is 30.5 Å². The van der Waals surface area contributed by atoms with Gasteiger partial charge in [-0.1, -0.05) is 0 Å². The van der Waals surface area contributed by atoms with E-state index in [4.69, 9.17) is 23.7 Å². The van der Waals surface area contributed by atoms with Crippen molar-refractivity contribution in [2.75, 3.05) is 47.6 Å². The van der Waals surface area contributed by atoms with Crippen molar-refractivity contribution >= 4 is 5.91 Å². The molecule has 3 rings (SSSR count). The Morgan fingerprint density at radius 1 is 1.04 bits per heavy atom. The molecule has 0 saturated carbocycles. The van der Waals surface area contributed by atoms with Crippen molar-refractivity contribution in [3.8, 4) is 17.2 Å². The van der Waals surface area contributed by atoms with Gasteiger partial charge in [-0.15, -0.1) is 0 Å². The topological polar surface area (TPSA) is 66.5 Å². The van der Waals surface area contributed by atoms with Crippen LogP contribution in [0.5, 0.6) is 17.2 Å². The van der Waals surface area contributed by atoms with Crippen LogP contribution in [0.3, 0.4) is 0 Å². The molecular weight excluding hydrogens is 338 g/mol. The summed E-state index contributed by atoms with van der Waals surface area (Å²) >= 11 is 0. The number of piperidine rings is 1. The molecule has 7 nitrogen and oxygen atoms in total. The maximum Gasteiger partial charge on any atom is 0.226 e. The first kappa shape index (κ1) is 18.8. The minimum atomic E-state index is -0.0950. The summed E-state index contributed by atoms with van der Waals surface area (Å²) < 4.78 is 27.2. The quantitative estimate of drug-likeness (QED) is 0.767. The zero-order valence-electron chi connectivity index (χ0n) is 15.7. The van der Waals surface area contributed by atoms with E-state index in [0.29, 0.717) is 42.8 Å². The SMILES string of the molecule is COc1cc(CC(=O)N2CCC(C3OCCO3)CC2)cc(OC)c1OC. The summed E-state index contributed by atoms with van der Waals surface area (Å²) in [6.07, 6.45) is 2.03. The molecule has 2 fully saturated rings. The van der Waals surface area contributed by atoms with Gasteiger partial charge in [0.1, 0.15) is 0 Å². The Morgan fingerprint density at radius 3 is 2.12 bits per heavy atom. The zero-order valence-corrected chi connectivity index (χ0v) is 15.7. The van der Waals surface area contributed by atoms with Crippen LogP contribution in [0.1, 0.15) is 18.4 Å². The average Bonchev–Trinajstić information content (AvgIpc) is 3.22. The zero-order chi connectivity index (χ0) is 18.5. The minimum Gasteiger partial charge on any atom is -0.493 e. The highest BCUT2D eigenvalue weighted by atomic mass is 16.7. The van der Waals surface area contributed by atoms with Crippen molar-refractivity contribution in [2.45, 2.75) is 25.6 Å². The molecular formula is C19H27NO6. The van der Waals surface area contributed by atoms with Gasteiger partial charge in [0, 0.05) is 19.0 Å². The molecule has 1 aromatic carbocycles. The molecule has 2 heterocycles. The first-order chi connectivity index (χ1) is 12.7. The second kappa shape index (κ2) is 8.60. The highest BCUT2D eigenvalue weighted by molar-refractivity contribution is 5.79. The Hall–Kier alpha value is -1.99. The van der Waals surface area contributed by atoms with E-state index in [9.17, 15) is 4.79 Å². The number of methoxy groups -OCH3 is 3. The molecule has 0 atom stereocenters. The molecule has 0 spiro atoms. The van der Waals surface area contributed by atoms with Crippen LogP contribution in [0.15, 0.2) is 12.1 Å². The van der Waals surface area contributed by atoms with E-state index in [2.05, 4.69) is 0 Å². The summed E-state index contributed by atoms with van der Waals surface area (Å²) in [5, 5.41) is 0. The van der Waals surface area contributed by atoms with E-state index < -0.39 is 0 Å². The Morgan fingerprint density at radius 2 is 1.62 bits per heavy atom. The van der Waals surface area contributed by atoms with Gasteiger partial charge in [-0.25, -0.2) is 0 Å². The molecule has 0 aliphatic carbocycles. The van der Waals surface area contributed by atoms with Crippen LogP contribution < -0.4 is 14.2 Å². The summed E-state index contributed by atoms with van der Waals surface area (Å²) in [6, 6.07) is 3.65. The van der Waals surface area contributed by atoms with Crippen molar-refractivity contribution in [1.82, 2.24) is 4.90 Å². The lowest BCUT2D eigenvalue weighted by Gasteiger charge is -2.34. The molecule has 2 saturated heterocycles. The Bertz CT molecular complexity index is 595. The fourth-order valence-electron chi connectivity index (χ4n) is 3.59. The van der Waals surface area contributed by atoms with Crippen molar-refractivity contribution in [2.24, 2.45) is 5.92 Å². The Labute approximate surface area is 154 Å². The number of likely N-dealkylation sites (tertiary alicyclic amines) is 1. The van der Waals surface area contributed by atoms with Crippen LogP contribution in [0.2, 0.25) is 0 Å². The van der Waals surface area contributed by atoms with Crippen LogP contribution >= 0.6 is 0 Å². The van der Waals surface area contributed by atoms with Crippen LogP contribution in [0, 0.1) is 5.92 Å². The molecule has 0 aromatic heterocycles. The summed E-state index contributed by atoms with van der Waals surface area (Å²) in [6.45, 7) is 2.81. The normalized spacial score (nSPS) is 18.8. The number of rotatable bonds is 6. The number of nitrogens with zero attached hydrogens (tertiary/aromatic N) is 1. The minimum absolute atomic E-state index is 0.0950. The summed E-state index contributed by atoms with van der Waals surface area (Å²) in [4.78, 5) is 14.6. The van der Waals surface area contributed by atoms with Gasteiger partial charge in [-0.3, -0.25) is 4.79 Å². The molecule has 144 valence electrons. The van der Waals surface area contributed by atoms with Gasteiger partial charge >= 0.3 is 0 Å². The predicted molar refractivity (Wildman–Crippen MR) is 94.8 cm³/mol. The third-order valence-corrected chi connectivity index (χ3v) is 5.00. The van der Waals surface area contributed by atoms with Gasteiger partial charge in [-0.2, -0.15) is 0 Å². The van der Waals surface area contributed by atoms with Gasteiger partial charge in [0.15, 0.2) is 17.8 Å². The summed E-state index contributed by atoms with van der Waals surface area (Å²) in [5.41, 5.74) is 0.842. The van der Waals surface area contributed by atoms with E-state index in [1.165, 1.54) is 0 Å². The first-order valence-electron chi connectivity index (χ1n) is 8.96. The van der Waals surface area contributed by atoms with Crippen LogP contribution in [0.4, 0.5) is 0 Å². The third-order valence-electron chi connectivity index (χ3n) is 5.00. The molecule has 2 aliphatic rings. The largest absolute Gasteiger partial charge is 0.493 e. The van der Waals surface area contributed by atoms with Crippen molar-refractivity contribution < 1.29 is 28.5 Å². The molecule has 1 aromatic rings. The van der Waals surface area contributed by atoms with E-state index >= 15 is 0 Å². The van der Waals surface area contributed by atoms with E-state index in [-0.39, 0.29) is 12.2 Å². The second-order valence-corrected chi connectivity index (χ2v) is 6.54. The molecule has 1 amide bonds. The highest BCUT2D eigenvalue weighted by Gasteiger charge is 2.31. The smallest absolute Gasteiger partial charge is 0.226 e. The van der Waals surface area contributed by atoms with Crippen LogP contribution in [0.25, 0.3) is 0 Å². The molecule has 26 heavy (non-hydrogen) atoms. The molecule has 0 radical (unpaired) electrons. The van der Waals surface area contributed by atoms with Crippen molar-refractivity contribution in [1.29, 1.82) is 0 Å². The maximum atomic E-state index is 12.7. The van der Waals surface area contributed by atoms with E-state index in [0.717, 1.165) is 31.5 Å². The van der Waals surface area contributed by atoms with Gasteiger partial charge in [0.2, 0.25) is 11.7 Å². The van der Waals surface area contributed by atoms with Crippen LogP contribution in [-0.4, -0.2) is 64.7 Å².